The van der Waals surface area contributed by atoms with Crippen LogP contribution in [0.3, 0.4) is 0 Å². The Morgan fingerprint density at radius 3 is 2.79 bits per heavy atom. The average Bonchev–Trinajstić information content (AvgIpc) is 2.98. The predicted molar refractivity (Wildman–Crippen MR) is 71.2 cm³/mol. The van der Waals surface area contributed by atoms with Gasteiger partial charge in [0.25, 0.3) is 0 Å². The molecule has 1 fully saturated rings. The van der Waals surface area contributed by atoms with E-state index < -0.39 is 5.60 Å². The van der Waals surface area contributed by atoms with Gasteiger partial charge in [0.2, 0.25) is 0 Å². The summed E-state index contributed by atoms with van der Waals surface area (Å²) in [5.74, 6) is 0. The van der Waals surface area contributed by atoms with Gasteiger partial charge in [-0.1, -0.05) is 35.5 Å². The SMILES string of the molecule is Cn1nncc1C1(O)CCN(Cc2ccccc2)C1. The molecular weight excluding hydrogens is 240 g/mol. The highest BCUT2D eigenvalue weighted by molar-refractivity contribution is 5.16. The summed E-state index contributed by atoms with van der Waals surface area (Å²) < 4.78 is 1.66. The van der Waals surface area contributed by atoms with Crippen LogP contribution in [0.4, 0.5) is 0 Å². The minimum Gasteiger partial charge on any atom is -0.382 e. The summed E-state index contributed by atoms with van der Waals surface area (Å²) >= 11 is 0. The van der Waals surface area contributed by atoms with Crippen molar-refractivity contribution in [3.63, 3.8) is 0 Å². The van der Waals surface area contributed by atoms with Gasteiger partial charge >= 0.3 is 0 Å². The van der Waals surface area contributed by atoms with Crippen LogP contribution in [0.5, 0.6) is 0 Å². The lowest BCUT2D eigenvalue weighted by atomic mass is 10.00. The third-order valence-electron chi connectivity index (χ3n) is 3.77. The maximum absolute atomic E-state index is 10.7. The molecular formula is C14H18N4O. The zero-order valence-corrected chi connectivity index (χ0v) is 11.0. The third kappa shape index (κ3) is 2.39. The van der Waals surface area contributed by atoms with Crippen LogP contribution in [0.15, 0.2) is 36.5 Å². The molecule has 19 heavy (non-hydrogen) atoms. The van der Waals surface area contributed by atoms with Gasteiger partial charge in [0.15, 0.2) is 0 Å². The number of aryl methyl sites for hydroxylation is 1. The van der Waals surface area contributed by atoms with Crippen LogP contribution in [0, 0.1) is 0 Å². The molecule has 0 spiro atoms. The lowest BCUT2D eigenvalue weighted by Gasteiger charge is -2.23. The van der Waals surface area contributed by atoms with E-state index in [4.69, 9.17) is 0 Å². The van der Waals surface area contributed by atoms with E-state index in [1.807, 2.05) is 25.2 Å². The second-order valence-electron chi connectivity index (χ2n) is 5.22. The van der Waals surface area contributed by atoms with Gasteiger partial charge in [-0.3, -0.25) is 4.90 Å². The molecule has 1 unspecified atom stereocenters. The Hall–Kier alpha value is -1.72. The summed E-state index contributed by atoms with van der Waals surface area (Å²) in [6, 6.07) is 10.3. The predicted octanol–water partition coefficient (Wildman–Crippen LogP) is 0.909. The number of hydrogen-bond acceptors (Lipinski definition) is 4. The van der Waals surface area contributed by atoms with Gasteiger partial charge in [-0.25, -0.2) is 4.68 Å². The molecule has 1 aliphatic rings. The second kappa shape index (κ2) is 4.75. The van der Waals surface area contributed by atoms with E-state index >= 15 is 0 Å². The van der Waals surface area contributed by atoms with Crippen LogP contribution < -0.4 is 0 Å². The van der Waals surface area contributed by atoms with Crippen LogP contribution >= 0.6 is 0 Å². The molecule has 3 rings (SSSR count). The van der Waals surface area contributed by atoms with Crippen molar-refractivity contribution in [1.82, 2.24) is 19.9 Å². The highest BCUT2D eigenvalue weighted by Crippen LogP contribution is 2.31. The van der Waals surface area contributed by atoms with Gasteiger partial charge in [-0.15, -0.1) is 5.10 Å². The fourth-order valence-electron chi connectivity index (χ4n) is 2.77. The van der Waals surface area contributed by atoms with E-state index in [0.29, 0.717) is 6.54 Å². The molecule has 5 nitrogen and oxygen atoms in total. The largest absolute Gasteiger partial charge is 0.382 e. The van der Waals surface area contributed by atoms with Crippen molar-refractivity contribution in [3.05, 3.63) is 47.8 Å². The van der Waals surface area contributed by atoms with Crippen LogP contribution in [-0.4, -0.2) is 38.1 Å². The Kier molecular flexibility index (Phi) is 3.08. The second-order valence-corrected chi connectivity index (χ2v) is 5.22. The Morgan fingerprint density at radius 1 is 1.32 bits per heavy atom. The van der Waals surface area contributed by atoms with Crippen LogP contribution in [0.2, 0.25) is 0 Å². The fraction of sp³-hybridized carbons (Fsp3) is 0.429. The number of likely N-dealkylation sites (tertiary alicyclic amines) is 1. The Labute approximate surface area is 112 Å². The lowest BCUT2D eigenvalue weighted by Crippen LogP contribution is -2.32. The summed E-state index contributed by atoms with van der Waals surface area (Å²) in [7, 11) is 1.82. The summed E-state index contributed by atoms with van der Waals surface area (Å²) in [6.45, 7) is 2.38. The van der Waals surface area contributed by atoms with Crippen molar-refractivity contribution >= 4 is 0 Å². The highest BCUT2D eigenvalue weighted by Gasteiger charge is 2.39. The van der Waals surface area contributed by atoms with E-state index in [0.717, 1.165) is 25.2 Å². The molecule has 1 aliphatic heterocycles. The van der Waals surface area contributed by atoms with Gasteiger partial charge in [0, 0.05) is 26.7 Å². The molecule has 0 saturated carbocycles. The van der Waals surface area contributed by atoms with Crippen molar-refractivity contribution < 1.29 is 5.11 Å². The quantitative estimate of drug-likeness (QED) is 0.889. The van der Waals surface area contributed by atoms with Crippen molar-refractivity contribution in [2.24, 2.45) is 7.05 Å². The summed E-state index contributed by atoms with van der Waals surface area (Å²) in [5.41, 5.74) is 1.24. The Bertz CT molecular complexity index is 554. The molecule has 100 valence electrons. The van der Waals surface area contributed by atoms with Crippen molar-refractivity contribution in [2.45, 2.75) is 18.6 Å². The van der Waals surface area contributed by atoms with Crippen LogP contribution in [-0.2, 0) is 19.2 Å². The van der Waals surface area contributed by atoms with E-state index in [1.165, 1.54) is 5.56 Å². The Morgan fingerprint density at radius 2 is 2.11 bits per heavy atom. The van der Waals surface area contributed by atoms with E-state index in [9.17, 15) is 5.11 Å². The lowest BCUT2D eigenvalue weighted by molar-refractivity contribution is 0.0372. The topological polar surface area (TPSA) is 54.2 Å². The molecule has 0 aliphatic carbocycles. The first kappa shape index (κ1) is 12.3. The zero-order valence-electron chi connectivity index (χ0n) is 11.0. The summed E-state index contributed by atoms with van der Waals surface area (Å²) in [6.07, 6.45) is 2.38. The molecule has 1 aromatic heterocycles. The summed E-state index contributed by atoms with van der Waals surface area (Å²) in [5, 5.41) is 18.5. The van der Waals surface area contributed by atoms with Gasteiger partial charge < -0.3 is 5.11 Å². The first-order valence-electron chi connectivity index (χ1n) is 6.51. The van der Waals surface area contributed by atoms with E-state index in [1.54, 1.807) is 10.9 Å². The molecule has 2 aromatic rings. The zero-order chi connectivity index (χ0) is 13.3. The van der Waals surface area contributed by atoms with Crippen LogP contribution in [0.25, 0.3) is 0 Å². The molecule has 5 heteroatoms. The first-order chi connectivity index (χ1) is 9.17. The number of rotatable bonds is 3. The van der Waals surface area contributed by atoms with Gasteiger partial charge in [-0.05, 0) is 12.0 Å². The molecule has 2 heterocycles. The van der Waals surface area contributed by atoms with E-state index in [2.05, 4.69) is 27.3 Å². The smallest absolute Gasteiger partial charge is 0.122 e. The normalized spacial score (nSPS) is 23.9. The molecule has 1 atom stereocenters. The molecule has 0 bridgehead atoms. The van der Waals surface area contributed by atoms with Crippen molar-refractivity contribution in [2.75, 3.05) is 13.1 Å². The number of benzene rings is 1. The minimum absolute atomic E-state index is 0.628. The standard InChI is InChI=1S/C14H18N4O/c1-17-13(9-15-16-17)14(19)7-8-18(11-14)10-12-5-3-2-4-6-12/h2-6,9,19H,7-8,10-11H2,1H3. The molecule has 1 aromatic carbocycles. The first-order valence-corrected chi connectivity index (χ1v) is 6.51. The average molecular weight is 258 g/mol. The highest BCUT2D eigenvalue weighted by atomic mass is 16.3. The summed E-state index contributed by atoms with van der Waals surface area (Å²) in [4.78, 5) is 2.27. The van der Waals surface area contributed by atoms with Gasteiger partial charge in [-0.2, -0.15) is 0 Å². The number of β-amino-alcohol motifs (C(OH)–C–C–N with tert-alkyl or cyclic N) is 1. The Balaban J connectivity index is 1.72. The number of aromatic nitrogens is 3. The monoisotopic (exact) mass is 258 g/mol. The number of hydrogen-bond donors (Lipinski definition) is 1. The molecule has 1 N–H and O–H groups in total. The van der Waals surface area contributed by atoms with Crippen molar-refractivity contribution in [3.8, 4) is 0 Å². The molecule has 0 amide bonds. The van der Waals surface area contributed by atoms with Gasteiger partial charge in [0.1, 0.15) is 5.60 Å². The fourth-order valence-corrected chi connectivity index (χ4v) is 2.77. The molecule has 0 radical (unpaired) electrons. The maximum atomic E-state index is 10.7. The number of nitrogens with zero attached hydrogens (tertiary/aromatic N) is 4. The van der Waals surface area contributed by atoms with Crippen LogP contribution in [0.1, 0.15) is 17.7 Å². The van der Waals surface area contributed by atoms with Crippen molar-refractivity contribution in [1.29, 1.82) is 0 Å². The van der Waals surface area contributed by atoms with E-state index in [-0.39, 0.29) is 0 Å². The molecule has 1 saturated heterocycles. The number of aliphatic hydroxyl groups is 1. The minimum atomic E-state index is -0.826. The van der Waals surface area contributed by atoms with Gasteiger partial charge in [0.05, 0.1) is 11.9 Å². The third-order valence-corrected chi connectivity index (χ3v) is 3.77. The maximum Gasteiger partial charge on any atom is 0.122 e.